The van der Waals surface area contributed by atoms with Crippen LogP contribution < -0.4 is 11.1 Å². The third-order valence-electron chi connectivity index (χ3n) is 2.97. The second-order valence-corrected chi connectivity index (χ2v) is 4.15. The Morgan fingerprint density at radius 2 is 2.33 bits per heavy atom. The van der Waals surface area contributed by atoms with Gasteiger partial charge in [-0.1, -0.05) is 0 Å². The topological polar surface area (TPSA) is 84.1 Å². The van der Waals surface area contributed by atoms with Crippen LogP contribution in [0.5, 0.6) is 0 Å². The summed E-state index contributed by atoms with van der Waals surface area (Å²) in [5.74, 6) is 0.689. The van der Waals surface area contributed by atoms with E-state index in [2.05, 4.69) is 15.3 Å². The second-order valence-electron chi connectivity index (χ2n) is 4.15. The van der Waals surface area contributed by atoms with E-state index in [1.165, 1.54) is 19.2 Å². The zero-order valence-corrected chi connectivity index (χ0v) is 8.61. The molecule has 1 saturated carbocycles. The van der Waals surface area contributed by atoms with Gasteiger partial charge in [0.25, 0.3) is 0 Å². The van der Waals surface area contributed by atoms with Crippen molar-refractivity contribution in [2.45, 2.75) is 19.3 Å². The average molecular weight is 208 g/mol. The Kier molecular flexibility index (Phi) is 2.73. The standard InChI is InChI=1S/C10H16N4O/c11-8-5-12-7-14-9(8)13-6-10(1-2-10)3-4-15/h5,7,15H,1-4,6,11H2,(H,12,13,14). The van der Waals surface area contributed by atoms with Gasteiger partial charge in [-0.25, -0.2) is 9.97 Å². The Morgan fingerprint density at radius 1 is 1.53 bits per heavy atom. The van der Waals surface area contributed by atoms with Crippen LogP contribution in [0.3, 0.4) is 0 Å². The molecule has 0 radical (unpaired) electrons. The Hall–Kier alpha value is -1.36. The van der Waals surface area contributed by atoms with Crippen LogP contribution in [-0.4, -0.2) is 28.2 Å². The first-order valence-corrected chi connectivity index (χ1v) is 5.16. The smallest absolute Gasteiger partial charge is 0.152 e. The number of nitrogens with zero attached hydrogens (tertiary/aromatic N) is 2. The van der Waals surface area contributed by atoms with Crippen LogP contribution in [0.1, 0.15) is 19.3 Å². The zero-order valence-electron chi connectivity index (χ0n) is 8.61. The van der Waals surface area contributed by atoms with Crippen molar-refractivity contribution in [3.8, 4) is 0 Å². The van der Waals surface area contributed by atoms with Crippen LogP contribution in [0.2, 0.25) is 0 Å². The average Bonchev–Trinajstić information content (AvgIpc) is 2.98. The second kappa shape index (κ2) is 4.02. The number of aromatic nitrogens is 2. The van der Waals surface area contributed by atoms with Gasteiger partial charge in [0, 0.05) is 13.2 Å². The number of aliphatic hydroxyl groups excluding tert-OH is 1. The summed E-state index contributed by atoms with van der Waals surface area (Å²) in [6, 6.07) is 0. The van der Waals surface area contributed by atoms with E-state index in [0.29, 0.717) is 11.5 Å². The third kappa shape index (κ3) is 2.36. The maximum Gasteiger partial charge on any atom is 0.152 e. The number of anilines is 2. The van der Waals surface area contributed by atoms with Crippen LogP contribution in [-0.2, 0) is 0 Å². The first kappa shape index (κ1) is 10.2. The SMILES string of the molecule is Nc1cncnc1NCC1(CCO)CC1. The largest absolute Gasteiger partial charge is 0.396 e. The van der Waals surface area contributed by atoms with Gasteiger partial charge in [-0.3, -0.25) is 0 Å². The molecule has 1 aliphatic carbocycles. The molecule has 5 nitrogen and oxygen atoms in total. The van der Waals surface area contributed by atoms with Gasteiger partial charge in [0.05, 0.1) is 11.9 Å². The minimum Gasteiger partial charge on any atom is -0.396 e. The highest BCUT2D eigenvalue weighted by molar-refractivity contribution is 5.59. The molecule has 0 unspecified atom stereocenters. The van der Waals surface area contributed by atoms with E-state index < -0.39 is 0 Å². The molecule has 15 heavy (non-hydrogen) atoms. The summed E-state index contributed by atoms with van der Waals surface area (Å²) in [6.45, 7) is 1.08. The lowest BCUT2D eigenvalue weighted by Gasteiger charge is -2.15. The predicted octanol–water partition coefficient (Wildman–Crippen LogP) is 0.633. The van der Waals surface area contributed by atoms with Crippen LogP contribution in [0.4, 0.5) is 11.5 Å². The predicted molar refractivity (Wildman–Crippen MR) is 58.3 cm³/mol. The van der Waals surface area contributed by atoms with Crippen molar-refractivity contribution in [2.24, 2.45) is 5.41 Å². The third-order valence-corrected chi connectivity index (χ3v) is 2.97. The summed E-state index contributed by atoms with van der Waals surface area (Å²) in [6.07, 6.45) is 6.26. The molecule has 5 heteroatoms. The first-order valence-electron chi connectivity index (χ1n) is 5.16. The van der Waals surface area contributed by atoms with Crippen molar-refractivity contribution in [1.82, 2.24) is 9.97 Å². The van der Waals surface area contributed by atoms with Crippen molar-refractivity contribution in [3.05, 3.63) is 12.5 Å². The van der Waals surface area contributed by atoms with Gasteiger partial charge < -0.3 is 16.2 Å². The normalized spacial score (nSPS) is 17.4. The summed E-state index contributed by atoms with van der Waals surface area (Å²) < 4.78 is 0. The van der Waals surface area contributed by atoms with Crippen molar-refractivity contribution in [1.29, 1.82) is 0 Å². The van der Waals surface area contributed by atoms with E-state index in [9.17, 15) is 0 Å². The van der Waals surface area contributed by atoms with Crippen LogP contribution >= 0.6 is 0 Å². The van der Waals surface area contributed by atoms with Crippen molar-refractivity contribution < 1.29 is 5.11 Å². The fourth-order valence-electron chi connectivity index (χ4n) is 1.69. The van der Waals surface area contributed by atoms with Gasteiger partial charge in [0.15, 0.2) is 5.82 Å². The van der Waals surface area contributed by atoms with Crippen LogP contribution in [0.25, 0.3) is 0 Å². The van der Waals surface area contributed by atoms with E-state index >= 15 is 0 Å². The molecular formula is C10H16N4O. The molecule has 0 spiro atoms. The number of nitrogens with one attached hydrogen (secondary N) is 1. The highest BCUT2D eigenvalue weighted by Crippen LogP contribution is 2.48. The summed E-state index contributed by atoms with van der Waals surface area (Å²) in [4.78, 5) is 7.88. The first-order chi connectivity index (χ1) is 7.26. The Morgan fingerprint density at radius 3 is 2.93 bits per heavy atom. The highest BCUT2D eigenvalue weighted by atomic mass is 16.3. The lowest BCUT2D eigenvalue weighted by molar-refractivity contribution is 0.253. The monoisotopic (exact) mass is 208 g/mol. The van der Waals surface area contributed by atoms with Crippen molar-refractivity contribution >= 4 is 11.5 Å². The van der Waals surface area contributed by atoms with E-state index in [1.807, 2.05) is 0 Å². The number of aliphatic hydroxyl groups is 1. The molecule has 0 atom stereocenters. The highest BCUT2D eigenvalue weighted by Gasteiger charge is 2.41. The quantitative estimate of drug-likeness (QED) is 0.661. The summed E-state index contributed by atoms with van der Waals surface area (Å²) in [5.41, 5.74) is 6.54. The molecule has 1 aromatic rings. The summed E-state index contributed by atoms with van der Waals surface area (Å²) in [5, 5.41) is 12.1. The minimum atomic E-state index is 0.251. The van der Waals surface area contributed by atoms with Crippen LogP contribution in [0.15, 0.2) is 12.5 Å². The van der Waals surface area contributed by atoms with Gasteiger partial charge in [0.1, 0.15) is 6.33 Å². The molecule has 1 aliphatic rings. The number of nitrogen functional groups attached to an aromatic ring is 1. The summed E-state index contributed by atoms with van der Waals surface area (Å²) in [7, 11) is 0. The summed E-state index contributed by atoms with van der Waals surface area (Å²) >= 11 is 0. The zero-order chi connectivity index (χ0) is 10.7. The van der Waals surface area contributed by atoms with E-state index in [4.69, 9.17) is 10.8 Å². The van der Waals surface area contributed by atoms with E-state index in [-0.39, 0.29) is 12.0 Å². The molecule has 1 heterocycles. The molecular weight excluding hydrogens is 192 g/mol. The number of rotatable bonds is 5. The number of hydrogen-bond acceptors (Lipinski definition) is 5. The fraction of sp³-hybridized carbons (Fsp3) is 0.600. The molecule has 82 valence electrons. The molecule has 4 N–H and O–H groups in total. The Balaban J connectivity index is 1.91. The van der Waals surface area contributed by atoms with E-state index in [1.54, 1.807) is 6.20 Å². The van der Waals surface area contributed by atoms with Gasteiger partial charge in [0.2, 0.25) is 0 Å². The molecule has 0 aliphatic heterocycles. The molecule has 0 amide bonds. The lowest BCUT2D eigenvalue weighted by Crippen LogP contribution is -2.18. The Bertz CT molecular complexity index is 338. The van der Waals surface area contributed by atoms with Crippen molar-refractivity contribution in [3.63, 3.8) is 0 Å². The molecule has 0 saturated heterocycles. The van der Waals surface area contributed by atoms with Crippen LogP contribution in [0, 0.1) is 5.41 Å². The Labute approximate surface area is 88.7 Å². The maximum atomic E-state index is 8.92. The maximum absolute atomic E-state index is 8.92. The van der Waals surface area contributed by atoms with Gasteiger partial charge >= 0.3 is 0 Å². The number of nitrogens with two attached hydrogens (primary N) is 1. The lowest BCUT2D eigenvalue weighted by atomic mass is 10.0. The molecule has 1 aromatic heterocycles. The molecule has 2 rings (SSSR count). The van der Waals surface area contributed by atoms with Crippen molar-refractivity contribution in [2.75, 3.05) is 24.2 Å². The number of hydrogen-bond donors (Lipinski definition) is 3. The molecule has 0 aromatic carbocycles. The van der Waals surface area contributed by atoms with Gasteiger partial charge in [-0.2, -0.15) is 0 Å². The van der Waals surface area contributed by atoms with E-state index in [0.717, 1.165) is 13.0 Å². The minimum absolute atomic E-state index is 0.251. The van der Waals surface area contributed by atoms with Gasteiger partial charge in [-0.05, 0) is 24.7 Å². The molecule has 0 bridgehead atoms. The fourth-order valence-corrected chi connectivity index (χ4v) is 1.69. The molecule has 1 fully saturated rings. The van der Waals surface area contributed by atoms with Gasteiger partial charge in [-0.15, -0.1) is 0 Å².